The summed E-state index contributed by atoms with van der Waals surface area (Å²) in [5.74, 6) is 0. The van der Waals surface area contributed by atoms with Gasteiger partial charge in [-0.05, 0) is 22.9 Å². The minimum Gasteiger partial charge on any atom is -0.387 e. The van der Waals surface area contributed by atoms with Crippen LogP contribution in [0.5, 0.6) is 0 Å². The summed E-state index contributed by atoms with van der Waals surface area (Å²) in [5.41, 5.74) is 0.724. The van der Waals surface area contributed by atoms with Crippen LogP contribution in [0.4, 0.5) is 0 Å². The molecular formula is C5H7BrN2O. The van der Waals surface area contributed by atoms with Gasteiger partial charge in [0.2, 0.25) is 0 Å². The van der Waals surface area contributed by atoms with E-state index >= 15 is 0 Å². The first-order valence-corrected chi connectivity index (χ1v) is 3.38. The van der Waals surface area contributed by atoms with Gasteiger partial charge in [-0.3, -0.25) is 0 Å². The highest BCUT2D eigenvalue weighted by Gasteiger charge is 2.01. The van der Waals surface area contributed by atoms with Crippen molar-refractivity contribution in [3.63, 3.8) is 0 Å². The molecule has 1 heterocycles. The molecule has 0 radical (unpaired) electrons. The van der Waals surface area contributed by atoms with E-state index < -0.39 is 6.10 Å². The molecule has 1 aromatic rings. The molecule has 0 aliphatic heterocycles. The second kappa shape index (κ2) is 2.49. The lowest BCUT2D eigenvalue weighted by Crippen LogP contribution is -1.89. The zero-order valence-corrected chi connectivity index (χ0v) is 6.51. The number of nitrogens with zero attached hydrogens (tertiary/aromatic N) is 1. The molecule has 9 heavy (non-hydrogen) atoms. The maximum Gasteiger partial charge on any atom is 0.174 e. The molecule has 1 atom stereocenters. The highest BCUT2D eigenvalue weighted by Crippen LogP contribution is 2.10. The van der Waals surface area contributed by atoms with Crippen LogP contribution in [0.25, 0.3) is 0 Å². The predicted molar refractivity (Wildman–Crippen MR) is 36.9 cm³/mol. The quantitative estimate of drug-likeness (QED) is 0.701. The van der Waals surface area contributed by atoms with E-state index in [1.807, 2.05) is 0 Å². The Labute approximate surface area is 61.3 Å². The first kappa shape index (κ1) is 6.77. The molecule has 0 bridgehead atoms. The van der Waals surface area contributed by atoms with Crippen LogP contribution in [-0.4, -0.2) is 15.1 Å². The Hall–Kier alpha value is -0.350. The lowest BCUT2D eigenvalue weighted by Gasteiger charge is -1.95. The van der Waals surface area contributed by atoms with Gasteiger partial charge < -0.3 is 10.1 Å². The van der Waals surface area contributed by atoms with Gasteiger partial charge in [0.05, 0.1) is 18.0 Å². The van der Waals surface area contributed by atoms with Crippen LogP contribution in [0, 0.1) is 0 Å². The van der Waals surface area contributed by atoms with E-state index in [0.717, 1.165) is 5.69 Å². The number of H-pyrrole nitrogens is 1. The van der Waals surface area contributed by atoms with Gasteiger partial charge in [0.1, 0.15) is 0 Å². The van der Waals surface area contributed by atoms with Crippen LogP contribution in [0.3, 0.4) is 0 Å². The molecule has 0 saturated heterocycles. The van der Waals surface area contributed by atoms with Gasteiger partial charge in [-0.25, -0.2) is 4.98 Å². The SMILES string of the molecule is CC(O)c1cnc(Br)[nH]1. The molecule has 0 saturated carbocycles. The van der Waals surface area contributed by atoms with Crippen LogP contribution >= 0.6 is 15.9 Å². The number of aromatic nitrogens is 2. The standard InChI is InChI=1S/C5H7BrN2O/c1-3(9)4-2-7-5(6)8-4/h2-3,9H,1H3,(H,7,8). The van der Waals surface area contributed by atoms with Crippen LogP contribution < -0.4 is 0 Å². The largest absolute Gasteiger partial charge is 0.387 e. The van der Waals surface area contributed by atoms with Gasteiger partial charge >= 0.3 is 0 Å². The summed E-state index contributed by atoms with van der Waals surface area (Å²) in [6.07, 6.45) is 1.12. The molecule has 0 fully saturated rings. The maximum absolute atomic E-state index is 8.94. The van der Waals surface area contributed by atoms with Crippen molar-refractivity contribution in [1.82, 2.24) is 9.97 Å². The zero-order valence-electron chi connectivity index (χ0n) is 4.93. The minimum atomic E-state index is -0.469. The second-order valence-corrected chi connectivity index (χ2v) is 2.56. The van der Waals surface area contributed by atoms with Gasteiger partial charge in [-0.15, -0.1) is 0 Å². The number of nitrogens with one attached hydrogen (secondary N) is 1. The molecule has 1 aromatic heterocycles. The Morgan fingerprint density at radius 1 is 1.89 bits per heavy atom. The van der Waals surface area contributed by atoms with Crippen LogP contribution in [0.2, 0.25) is 0 Å². The van der Waals surface area contributed by atoms with Crippen molar-refractivity contribution in [2.75, 3.05) is 0 Å². The van der Waals surface area contributed by atoms with E-state index in [9.17, 15) is 0 Å². The van der Waals surface area contributed by atoms with Gasteiger partial charge in [-0.2, -0.15) is 0 Å². The second-order valence-electron chi connectivity index (χ2n) is 1.81. The Bertz CT molecular complexity index is 197. The number of aliphatic hydroxyl groups is 1. The molecule has 4 heteroatoms. The fourth-order valence-electron chi connectivity index (χ4n) is 0.522. The van der Waals surface area contributed by atoms with Crippen LogP contribution in [-0.2, 0) is 0 Å². The van der Waals surface area contributed by atoms with E-state index in [1.54, 1.807) is 13.1 Å². The van der Waals surface area contributed by atoms with Crippen molar-refractivity contribution in [2.45, 2.75) is 13.0 Å². The van der Waals surface area contributed by atoms with E-state index in [0.29, 0.717) is 4.73 Å². The summed E-state index contributed by atoms with van der Waals surface area (Å²) in [7, 11) is 0. The van der Waals surface area contributed by atoms with Gasteiger partial charge in [0.15, 0.2) is 4.73 Å². The third-order valence-electron chi connectivity index (χ3n) is 1.01. The normalized spacial score (nSPS) is 13.7. The Morgan fingerprint density at radius 2 is 2.56 bits per heavy atom. The molecule has 0 spiro atoms. The maximum atomic E-state index is 8.94. The van der Waals surface area contributed by atoms with E-state index in [1.165, 1.54) is 0 Å². The number of hydrogen-bond acceptors (Lipinski definition) is 2. The monoisotopic (exact) mass is 190 g/mol. The number of hydrogen-bond donors (Lipinski definition) is 2. The van der Waals surface area contributed by atoms with Crippen molar-refractivity contribution in [3.05, 3.63) is 16.6 Å². The topological polar surface area (TPSA) is 48.9 Å². The molecule has 1 rings (SSSR count). The molecule has 0 aliphatic carbocycles. The molecule has 0 aliphatic rings. The molecule has 1 unspecified atom stereocenters. The highest BCUT2D eigenvalue weighted by molar-refractivity contribution is 9.10. The lowest BCUT2D eigenvalue weighted by atomic mass is 10.3. The van der Waals surface area contributed by atoms with Crippen molar-refractivity contribution < 1.29 is 5.11 Å². The minimum absolute atomic E-state index is 0.469. The Kier molecular flexibility index (Phi) is 1.87. The van der Waals surface area contributed by atoms with E-state index in [4.69, 9.17) is 5.11 Å². The third kappa shape index (κ3) is 1.53. The number of halogens is 1. The summed E-state index contributed by atoms with van der Waals surface area (Å²) in [6, 6.07) is 0. The number of aliphatic hydroxyl groups excluding tert-OH is 1. The number of aromatic amines is 1. The first-order chi connectivity index (χ1) is 4.20. The van der Waals surface area contributed by atoms with Crippen molar-refractivity contribution in [1.29, 1.82) is 0 Å². The van der Waals surface area contributed by atoms with Crippen molar-refractivity contribution >= 4 is 15.9 Å². The van der Waals surface area contributed by atoms with Crippen molar-refractivity contribution in [2.24, 2.45) is 0 Å². The fourth-order valence-corrected chi connectivity index (χ4v) is 0.853. The average Bonchev–Trinajstić information content (AvgIpc) is 2.14. The number of imidazole rings is 1. The zero-order chi connectivity index (χ0) is 6.85. The predicted octanol–water partition coefficient (Wildman–Crippen LogP) is 1.23. The van der Waals surface area contributed by atoms with Crippen LogP contribution in [0.15, 0.2) is 10.9 Å². The van der Waals surface area contributed by atoms with Crippen LogP contribution in [0.1, 0.15) is 18.7 Å². The molecule has 3 nitrogen and oxygen atoms in total. The van der Waals surface area contributed by atoms with E-state index in [2.05, 4.69) is 25.9 Å². The number of rotatable bonds is 1. The third-order valence-corrected chi connectivity index (χ3v) is 1.42. The van der Waals surface area contributed by atoms with Gasteiger partial charge in [-0.1, -0.05) is 0 Å². The first-order valence-electron chi connectivity index (χ1n) is 2.58. The van der Waals surface area contributed by atoms with Gasteiger partial charge in [0, 0.05) is 0 Å². The lowest BCUT2D eigenvalue weighted by molar-refractivity contribution is 0.195. The summed E-state index contributed by atoms with van der Waals surface area (Å²) in [5, 5.41) is 8.94. The molecule has 2 N–H and O–H groups in total. The van der Waals surface area contributed by atoms with E-state index in [-0.39, 0.29) is 0 Å². The molecular weight excluding hydrogens is 184 g/mol. The average molecular weight is 191 g/mol. The summed E-state index contributed by atoms with van der Waals surface area (Å²) >= 11 is 3.12. The molecule has 50 valence electrons. The molecule has 0 amide bonds. The molecule has 0 aromatic carbocycles. The summed E-state index contributed by atoms with van der Waals surface area (Å²) in [6.45, 7) is 1.68. The Balaban J connectivity index is 2.85. The summed E-state index contributed by atoms with van der Waals surface area (Å²) in [4.78, 5) is 6.67. The highest BCUT2D eigenvalue weighted by atomic mass is 79.9. The Morgan fingerprint density at radius 3 is 2.78 bits per heavy atom. The summed E-state index contributed by atoms with van der Waals surface area (Å²) < 4.78 is 0.651. The van der Waals surface area contributed by atoms with Crippen molar-refractivity contribution in [3.8, 4) is 0 Å². The van der Waals surface area contributed by atoms with Gasteiger partial charge in [0.25, 0.3) is 0 Å². The smallest absolute Gasteiger partial charge is 0.174 e. The fraction of sp³-hybridized carbons (Fsp3) is 0.400.